The fourth-order valence-electron chi connectivity index (χ4n) is 2.80. The largest absolute Gasteiger partial charge is 0.272 e. The summed E-state index contributed by atoms with van der Waals surface area (Å²) >= 11 is 0. The summed E-state index contributed by atoms with van der Waals surface area (Å²) in [4.78, 5) is 12.5. The Bertz CT molecular complexity index is 1070. The van der Waals surface area contributed by atoms with E-state index in [1.165, 1.54) is 4.68 Å². The number of hydrogen-bond donors (Lipinski definition) is 0. The monoisotopic (exact) mass is 328 g/mol. The molecule has 0 bridgehead atoms. The first-order valence-corrected chi connectivity index (χ1v) is 7.97. The number of aromatic nitrogens is 4. The molecule has 5 heteroatoms. The highest BCUT2D eigenvalue weighted by Crippen LogP contribution is 2.24. The lowest BCUT2D eigenvalue weighted by Crippen LogP contribution is -2.20. The maximum absolute atomic E-state index is 12.5. The Morgan fingerprint density at radius 1 is 0.840 bits per heavy atom. The van der Waals surface area contributed by atoms with Gasteiger partial charge in [-0.1, -0.05) is 48.5 Å². The molecule has 0 aliphatic carbocycles. The minimum absolute atomic E-state index is 0.175. The SMILES string of the molecule is Cn1nc(-c2ccccc2)cc1-c1cnn(-c2ccccc2)c(=O)c1. The molecule has 0 spiro atoms. The molecule has 0 N–H and O–H groups in total. The van der Waals surface area contributed by atoms with Crippen LogP contribution in [-0.4, -0.2) is 19.6 Å². The van der Waals surface area contributed by atoms with Crippen LogP contribution in [0.15, 0.2) is 83.8 Å². The Balaban J connectivity index is 1.75. The molecule has 0 aliphatic heterocycles. The van der Waals surface area contributed by atoms with E-state index in [9.17, 15) is 4.79 Å². The molecule has 0 unspecified atom stereocenters. The van der Waals surface area contributed by atoms with E-state index in [0.29, 0.717) is 0 Å². The fourth-order valence-corrected chi connectivity index (χ4v) is 2.80. The molecule has 0 radical (unpaired) electrons. The van der Waals surface area contributed by atoms with Gasteiger partial charge < -0.3 is 0 Å². The highest BCUT2D eigenvalue weighted by molar-refractivity contribution is 5.68. The van der Waals surface area contributed by atoms with Gasteiger partial charge >= 0.3 is 0 Å². The van der Waals surface area contributed by atoms with E-state index in [0.717, 1.165) is 28.2 Å². The quantitative estimate of drug-likeness (QED) is 0.580. The van der Waals surface area contributed by atoms with Gasteiger partial charge in [0.1, 0.15) is 0 Å². The smallest absolute Gasteiger partial charge is 0.267 e. The molecule has 2 heterocycles. The minimum Gasteiger partial charge on any atom is -0.267 e. The van der Waals surface area contributed by atoms with Gasteiger partial charge in [-0.15, -0.1) is 0 Å². The van der Waals surface area contributed by atoms with Gasteiger partial charge in [-0.2, -0.15) is 14.9 Å². The van der Waals surface area contributed by atoms with E-state index in [1.54, 1.807) is 16.9 Å². The molecule has 5 nitrogen and oxygen atoms in total. The highest BCUT2D eigenvalue weighted by Gasteiger charge is 2.11. The number of hydrogen-bond acceptors (Lipinski definition) is 3. The van der Waals surface area contributed by atoms with Crippen LogP contribution in [0.5, 0.6) is 0 Å². The van der Waals surface area contributed by atoms with Gasteiger partial charge in [0.05, 0.1) is 23.3 Å². The summed E-state index contributed by atoms with van der Waals surface area (Å²) in [6.07, 6.45) is 1.69. The summed E-state index contributed by atoms with van der Waals surface area (Å²) < 4.78 is 3.16. The van der Waals surface area contributed by atoms with Crippen molar-refractivity contribution >= 4 is 0 Å². The second-order valence-corrected chi connectivity index (χ2v) is 5.73. The van der Waals surface area contributed by atoms with Crippen molar-refractivity contribution in [1.82, 2.24) is 19.6 Å². The third-order valence-electron chi connectivity index (χ3n) is 4.05. The summed E-state index contributed by atoms with van der Waals surface area (Å²) in [6, 6.07) is 22.9. The molecule has 0 aliphatic rings. The van der Waals surface area contributed by atoms with Crippen LogP contribution in [-0.2, 0) is 7.05 Å². The van der Waals surface area contributed by atoms with Crippen LogP contribution < -0.4 is 5.56 Å². The first kappa shape index (κ1) is 15.1. The molecule has 4 aromatic rings. The predicted octanol–water partition coefficient (Wildman–Crippen LogP) is 3.30. The van der Waals surface area contributed by atoms with Crippen LogP contribution in [0.1, 0.15) is 0 Å². The van der Waals surface area contributed by atoms with E-state index < -0.39 is 0 Å². The Morgan fingerprint density at radius 2 is 1.52 bits per heavy atom. The van der Waals surface area contributed by atoms with Crippen LogP contribution in [0.2, 0.25) is 0 Å². The first-order chi connectivity index (χ1) is 12.2. The van der Waals surface area contributed by atoms with Crippen molar-refractivity contribution in [1.29, 1.82) is 0 Å². The molecular formula is C20H16N4O. The fraction of sp³-hybridized carbons (Fsp3) is 0.0500. The Labute approximate surface area is 144 Å². The average molecular weight is 328 g/mol. The molecule has 0 saturated heterocycles. The van der Waals surface area contributed by atoms with Crippen molar-refractivity contribution in [2.24, 2.45) is 7.05 Å². The predicted molar refractivity (Wildman–Crippen MR) is 97.5 cm³/mol. The number of para-hydroxylation sites is 1. The zero-order chi connectivity index (χ0) is 17.2. The van der Waals surface area contributed by atoms with Crippen molar-refractivity contribution in [2.75, 3.05) is 0 Å². The molecular weight excluding hydrogens is 312 g/mol. The zero-order valence-electron chi connectivity index (χ0n) is 13.7. The Morgan fingerprint density at radius 3 is 2.20 bits per heavy atom. The topological polar surface area (TPSA) is 52.7 Å². The van der Waals surface area contributed by atoms with Gasteiger partial charge in [-0.05, 0) is 18.2 Å². The van der Waals surface area contributed by atoms with Gasteiger partial charge in [0.15, 0.2) is 0 Å². The third kappa shape index (κ3) is 2.87. The number of benzene rings is 2. The first-order valence-electron chi connectivity index (χ1n) is 7.97. The summed E-state index contributed by atoms with van der Waals surface area (Å²) in [5.74, 6) is 0. The van der Waals surface area contributed by atoms with E-state index >= 15 is 0 Å². The van der Waals surface area contributed by atoms with Crippen molar-refractivity contribution < 1.29 is 0 Å². The summed E-state index contributed by atoms with van der Waals surface area (Å²) in [5, 5.41) is 8.86. The highest BCUT2D eigenvalue weighted by atomic mass is 16.1. The number of rotatable bonds is 3. The van der Waals surface area contributed by atoms with E-state index in [4.69, 9.17) is 0 Å². The average Bonchev–Trinajstić information content (AvgIpc) is 3.05. The lowest BCUT2D eigenvalue weighted by atomic mass is 10.1. The molecule has 0 fully saturated rings. The molecule has 2 aromatic carbocycles. The number of aryl methyl sites for hydroxylation is 1. The third-order valence-corrected chi connectivity index (χ3v) is 4.05. The minimum atomic E-state index is -0.175. The van der Waals surface area contributed by atoms with Gasteiger partial charge in [0.25, 0.3) is 5.56 Å². The molecule has 25 heavy (non-hydrogen) atoms. The number of nitrogens with zero attached hydrogens (tertiary/aromatic N) is 4. The van der Waals surface area contributed by atoms with Crippen LogP contribution in [0.4, 0.5) is 0 Å². The lowest BCUT2D eigenvalue weighted by molar-refractivity contribution is 0.771. The van der Waals surface area contributed by atoms with E-state index in [2.05, 4.69) is 10.2 Å². The van der Waals surface area contributed by atoms with Crippen LogP contribution in [0.25, 0.3) is 28.2 Å². The molecule has 2 aromatic heterocycles. The zero-order valence-corrected chi connectivity index (χ0v) is 13.7. The molecule has 0 atom stereocenters. The van der Waals surface area contributed by atoms with E-state index in [1.807, 2.05) is 73.8 Å². The lowest BCUT2D eigenvalue weighted by Gasteiger charge is -2.05. The maximum Gasteiger partial charge on any atom is 0.272 e. The summed E-state index contributed by atoms with van der Waals surface area (Å²) in [5.41, 5.74) is 4.07. The van der Waals surface area contributed by atoms with Crippen LogP contribution in [0.3, 0.4) is 0 Å². The molecule has 122 valence electrons. The van der Waals surface area contributed by atoms with Crippen LogP contribution in [0, 0.1) is 0 Å². The molecule has 4 rings (SSSR count). The van der Waals surface area contributed by atoms with Gasteiger partial charge in [0.2, 0.25) is 0 Å². The summed E-state index contributed by atoms with van der Waals surface area (Å²) in [7, 11) is 1.87. The van der Waals surface area contributed by atoms with Gasteiger partial charge in [-0.25, -0.2) is 0 Å². The summed E-state index contributed by atoms with van der Waals surface area (Å²) in [6.45, 7) is 0. The second kappa shape index (κ2) is 6.20. The molecule has 0 amide bonds. The van der Waals surface area contributed by atoms with Crippen molar-refractivity contribution in [3.63, 3.8) is 0 Å². The van der Waals surface area contributed by atoms with Crippen molar-refractivity contribution in [2.45, 2.75) is 0 Å². The van der Waals surface area contributed by atoms with Crippen molar-refractivity contribution in [3.05, 3.63) is 89.3 Å². The Kier molecular flexibility index (Phi) is 3.74. The Hall–Kier alpha value is -3.47. The van der Waals surface area contributed by atoms with Crippen LogP contribution >= 0.6 is 0 Å². The normalized spacial score (nSPS) is 10.8. The standard InChI is InChI=1S/C20H16N4O/c1-23-19(13-18(22-23)15-8-4-2-5-9-15)16-12-20(25)24(21-14-16)17-10-6-3-7-11-17/h2-14H,1H3. The maximum atomic E-state index is 12.5. The second-order valence-electron chi connectivity index (χ2n) is 5.73. The van der Waals surface area contributed by atoms with Gasteiger partial charge in [0, 0.05) is 24.2 Å². The molecule has 0 saturated carbocycles. The van der Waals surface area contributed by atoms with Gasteiger partial charge in [-0.3, -0.25) is 9.48 Å². The van der Waals surface area contributed by atoms with Crippen molar-refractivity contribution in [3.8, 4) is 28.2 Å². The van der Waals surface area contributed by atoms with E-state index in [-0.39, 0.29) is 5.56 Å².